The van der Waals surface area contributed by atoms with Gasteiger partial charge in [-0.05, 0) is 37.6 Å². The average Bonchev–Trinajstić information content (AvgIpc) is 2.64. The van der Waals surface area contributed by atoms with Gasteiger partial charge in [-0.15, -0.1) is 0 Å². The summed E-state index contributed by atoms with van der Waals surface area (Å²) in [6.45, 7) is 1.67. The molecule has 0 bridgehead atoms. The lowest BCUT2D eigenvalue weighted by Crippen LogP contribution is -2.38. The van der Waals surface area contributed by atoms with Gasteiger partial charge in [-0.3, -0.25) is 4.90 Å². The molecule has 0 radical (unpaired) electrons. The van der Waals surface area contributed by atoms with E-state index in [0.717, 1.165) is 30.4 Å². The molecule has 17 heavy (non-hydrogen) atoms. The summed E-state index contributed by atoms with van der Waals surface area (Å²) in [5.74, 6) is 0. The number of rotatable bonds is 4. The van der Waals surface area contributed by atoms with Gasteiger partial charge in [0.05, 0.1) is 5.60 Å². The van der Waals surface area contributed by atoms with Crippen LogP contribution in [0.1, 0.15) is 31.2 Å². The van der Waals surface area contributed by atoms with E-state index in [0.29, 0.717) is 0 Å². The maximum absolute atomic E-state index is 10.3. The number of benzene rings is 1. The van der Waals surface area contributed by atoms with Gasteiger partial charge in [0, 0.05) is 17.6 Å². The zero-order chi connectivity index (χ0) is 12.3. The number of aliphatic hydroxyl groups is 1. The molecule has 94 valence electrons. The van der Waals surface area contributed by atoms with Crippen LogP contribution in [0.4, 0.5) is 0 Å². The molecular formula is C14H20BrNO. The van der Waals surface area contributed by atoms with Crippen molar-refractivity contribution < 1.29 is 5.11 Å². The molecule has 0 saturated heterocycles. The maximum atomic E-state index is 10.3. The minimum Gasteiger partial charge on any atom is -0.389 e. The molecule has 1 aliphatic rings. The number of hydrogen-bond acceptors (Lipinski definition) is 2. The van der Waals surface area contributed by atoms with Crippen LogP contribution < -0.4 is 0 Å². The first kappa shape index (κ1) is 13.1. The van der Waals surface area contributed by atoms with Crippen molar-refractivity contribution in [2.75, 3.05) is 13.6 Å². The maximum Gasteiger partial charge on any atom is 0.0774 e. The van der Waals surface area contributed by atoms with Crippen LogP contribution in [-0.2, 0) is 6.54 Å². The Hall–Kier alpha value is -0.380. The summed E-state index contributed by atoms with van der Waals surface area (Å²) >= 11 is 3.48. The Kier molecular flexibility index (Phi) is 4.23. The van der Waals surface area contributed by atoms with Crippen molar-refractivity contribution in [3.8, 4) is 0 Å². The molecular weight excluding hydrogens is 278 g/mol. The van der Waals surface area contributed by atoms with Gasteiger partial charge in [-0.2, -0.15) is 0 Å². The minimum atomic E-state index is -0.444. The third kappa shape index (κ3) is 3.80. The Balaban J connectivity index is 1.90. The summed E-state index contributed by atoms with van der Waals surface area (Å²) in [6, 6.07) is 8.35. The van der Waals surface area contributed by atoms with E-state index in [4.69, 9.17) is 0 Å². The first-order valence-electron chi connectivity index (χ1n) is 6.23. The van der Waals surface area contributed by atoms with Crippen LogP contribution in [0.25, 0.3) is 0 Å². The first-order valence-corrected chi connectivity index (χ1v) is 7.02. The Bertz CT molecular complexity index is 374. The van der Waals surface area contributed by atoms with Gasteiger partial charge >= 0.3 is 0 Å². The number of halogens is 1. The number of hydrogen-bond donors (Lipinski definition) is 1. The van der Waals surface area contributed by atoms with Crippen LogP contribution in [-0.4, -0.2) is 29.2 Å². The van der Waals surface area contributed by atoms with Crippen LogP contribution >= 0.6 is 15.9 Å². The van der Waals surface area contributed by atoms with E-state index in [1.54, 1.807) is 0 Å². The zero-order valence-corrected chi connectivity index (χ0v) is 11.9. The van der Waals surface area contributed by atoms with Crippen molar-refractivity contribution in [3.63, 3.8) is 0 Å². The van der Waals surface area contributed by atoms with Crippen LogP contribution in [0.2, 0.25) is 0 Å². The van der Waals surface area contributed by atoms with Gasteiger partial charge in [0.2, 0.25) is 0 Å². The second-order valence-corrected chi connectivity index (χ2v) is 6.15. The fraction of sp³-hybridized carbons (Fsp3) is 0.571. The molecule has 1 N–H and O–H groups in total. The van der Waals surface area contributed by atoms with Crippen LogP contribution in [0.3, 0.4) is 0 Å². The van der Waals surface area contributed by atoms with Gasteiger partial charge < -0.3 is 5.11 Å². The fourth-order valence-corrected chi connectivity index (χ4v) is 3.14. The predicted octanol–water partition coefficient (Wildman–Crippen LogP) is 3.19. The highest BCUT2D eigenvalue weighted by Crippen LogP contribution is 2.30. The summed E-state index contributed by atoms with van der Waals surface area (Å²) in [4.78, 5) is 2.22. The van der Waals surface area contributed by atoms with E-state index < -0.39 is 5.60 Å². The lowest BCUT2D eigenvalue weighted by molar-refractivity contribution is 0.0145. The highest BCUT2D eigenvalue weighted by Gasteiger charge is 2.31. The van der Waals surface area contributed by atoms with Crippen LogP contribution in [0, 0.1) is 0 Å². The molecule has 0 atom stereocenters. The van der Waals surface area contributed by atoms with Gasteiger partial charge in [0.1, 0.15) is 0 Å². The molecule has 0 aliphatic heterocycles. The van der Waals surface area contributed by atoms with Gasteiger partial charge in [0.15, 0.2) is 0 Å². The zero-order valence-electron chi connectivity index (χ0n) is 10.3. The van der Waals surface area contributed by atoms with Crippen molar-refractivity contribution >= 4 is 15.9 Å². The van der Waals surface area contributed by atoms with Crippen LogP contribution in [0.15, 0.2) is 28.7 Å². The number of nitrogens with zero attached hydrogens (tertiary/aromatic N) is 1. The average molecular weight is 298 g/mol. The Morgan fingerprint density at radius 3 is 2.71 bits per heavy atom. The van der Waals surface area contributed by atoms with Crippen molar-refractivity contribution in [1.29, 1.82) is 0 Å². The summed E-state index contributed by atoms with van der Waals surface area (Å²) in [6.07, 6.45) is 4.24. The topological polar surface area (TPSA) is 23.5 Å². The Morgan fingerprint density at radius 1 is 1.35 bits per heavy atom. The molecule has 3 heteroatoms. The molecule has 1 saturated carbocycles. The van der Waals surface area contributed by atoms with Crippen LogP contribution in [0.5, 0.6) is 0 Å². The Labute approximate surface area is 112 Å². The van der Waals surface area contributed by atoms with Gasteiger partial charge in [0.25, 0.3) is 0 Å². The third-order valence-corrected chi connectivity index (χ3v) is 3.93. The molecule has 1 aliphatic carbocycles. The van der Waals surface area contributed by atoms with Gasteiger partial charge in [-0.25, -0.2) is 0 Å². The lowest BCUT2D eigenvalue weighted by Gasteiger charge is -2.28. The molecule has 1 fully saturated rings. The molecule has 0 amide bonds. The van der Waals surface area contributed by atoms with E-state index in [1.807, 2.05) is 6.07 Å². The monoisotopic (exact) mass is 297 g/mol. The van der Waals surface area contributed by atoms with Crippen molar-refractivity contribution in [1.82, 2.24) is 4.90 Å². The molecule has 0 aromatic heterocycles. The van der Waals surface area contributed by atoms with Crippen molar-refractivity contribution in [2.24, 2.45) is 0 Å². The molecule has 2 nitrogen and oxygen atoms in total. The highest BCUT2D eigenvalue weighted by atomic mass is 79.9. The second-order valence-electron chi connectivity index (χ2n) is 5.23. The predicted molar refractivity (Wildman–Crippen MR) is 73.9 cm³/mol. The van der Waals surface area contributed by atoms with Gasteiger partial charge in [-0.1, -0.05) is 40.9 Å². The largest absolute Gasteiger partial charge is 0.389 e. The van der Waals surface area contributed by atoms with E-state index in [9.17, 15) is 5.11 Å². The summed E-state index contributed by atoms with van der Waals surface area (Å²) in [5, 5.41) is 10.3. The Morgan fingerprint density at radius 2 is 2.06 bits per heavy atom. The van der Waals surface area contributed by atoms with Crippen molar-refractivity contribution in [2.45, 2.75) is 37.8 Å². The SMILES string of the molecule is CN(Cc1cccc(Br)c1)CC1(O)CCCC1. The summed E-state index contributed by atoms with van der Waals surface area (Å²) < 4.78 is 1.11. The van der Waals surface area contributed by atoms with E-state index in [-0.39, 0.29) is 0 Å². The fourth-order valence-electron chi connectivity index (χ4n) is 2.70. The third-order valence-electron chi connectivity index (χ3n) is 3.44. The quantitative estimate of drug-likeness (QED) is 0.923. The molecule has 1 aromatic carbocycles. The summed E-state index contributed by atoms with van der Waals surface area (Å²) in [5.41, 5.74) is 0.837. The number of likely N-dealkylation sites (N-methyl/N-ethyl adjacent to an activating group) is 1. The highest BCUT2D eigenvalue weighted by molar-refractivity contribution is 9.10. The van der Waals surface area contributed by atoms with Crippen molar-refractivity contribution in [3.05, 3.63) is 34.3 Å². The normalized spacial score (nSPS) is 18.8. The molecule has 0 unspecified atom stereocenters. The first-order chi connectivity index (χ1) is 8.07. The van der Waals surface area contributed by atoms with E-state index in [2.05, 4.69) is 46.1 Å². The molecule has 2 rings (SSSR count). The second kappa shape index (κ2) is 5.51. The standard InChI is InChI=1S/C14H20BrNO/c1-16(11-14(17)7-2-3-8-14)10-12-5-4-6-13(15)9-12/h4-6,9,17H,2-3,7-8,10-11H2,1H3. The lowest BCUT2D eigenvalue weighted by atomic mass is 10.0. The smallest absolute Gasteiger partial charge is 0.0774 e. The van der Waals surface area contributed by atoms with E-state index >= 15 is 0 Å². The molecule has 0 spiro atoms. The minimum absolute atomic E-state index is 0.444. The summed E-state index contributed by atoms with van der Waals surface area (Å²) in [7, 11) is 2.08. The van der Waals surface area contributed by atoms with E-state index in [1.165, 1.54) is 18.4 Å². The molecule has 0 heterocycles. The molecule has 1 aromatic rings.